The van der Waals surface area contributed by atoms with Gasteiger partial charge in [0.05, 0.1) is 13.2 Å². The fraction of sp³-hybridized carbons (Fsp3) is 0.391. The first kappa shape index (κ1) is 21.5. The number of ether oxygens (including phenoxy) is 2. The molecule has 0 atom stereocenters. The largest absolute Gasteiger partial charge is 0.465 e. The summed E-state index contributed by atoms with van der Waals surface area (Å²) in [5.41, 5.74) is 6.13. The van der Waals surface area contributed by atoms with E-state index in [1.807, 2.05) is 20.8 Å². The van der Waals surface area contributed by atoms with Crippen molar-refractivity contribution in [2.75, 3.05) is 31.2 Å². The summed E-state index contributed by atoms with van der Waals surface area (Å²) in [6.07, 6.45) is 0. The highest BCUT2D eigenvalue weighted by Crippen LogP contribution is 2.35. The Morgan fingerprint density at radius 2 is 1.36 bits per heavy atom. The van der Waals surface area contributed by atoms with Crippen LogP contribution in [-0.2, 0) is 19.1 Å². The van der Waals surface area contributed by atoms with Crippen LogP contribution >= 0.6 is 0 Å². The smallest absolute Gasteiger partial charge is 0.325 e. The predicted octanol–water partition coefficient (Wildman–Crippen LogP) is 4.21. The average molecular weight is 383 g/mol. The van der Waals surface area contributed by atoms with E-state index in [0.29, 0.717) is 13.2 Å². The van der Waals surface area contributed by atoms with E-state index in [-0.39, 0.29) is 25.0 Å². The maximum absolute atomic E-state index is 12.2. The first-order chi connectivity index (χ1) is 13.3. The number of esters is 2. The van der Waals surface area contributed by atoms with E-state index in [0.717, 1.165) is 27.9 Å². The number of hydrogen-bond acceptors (Lipinski definition) is 5. The second kappa shape index (κ2) is 9.93. The molecule has 0 saturated carbocycles. The Balaban J connectivity index is 2.54. The zero-order chi connectivity index (χ0) is 20.7. The molecule has 0 amide bonds. The van der Waals surface area contributed by atoms with Crippen molar-refractivity contribution < 1.29 is 19.1 Å². The van der Waals surface area contributed by atoms with E-state index in [2.05, 4.69) is 36.4 Å². The molecule has 150 valence electrons. The molecule has 0 N–H and O–H groups in total. The quantitative estimate of drug-likeness (QED) is 0.639. The monoisotopic (exact) mass is 383 g/mol. The molecular formula is C23H29NO4. The molecule has 2 aromatic carbocycles. The summed E-state index contributed by atoms with van der Waals surface area (Å²) >= 11 is 0. The SMILES string of the molecule is CCOC(=O)CN(CC(=O)OCC)c1c(C)cc(C)cc1-c1ccc(C)cc1. The van der Waals surface area contributed by atoms with Gasteiger partial charge in [-0.15, -0.1) is 0 Å². The molecule has 0 unspecified atom stereocenters. The summed E-state index contributed by atoms with van der Waals surface area (Å²) in [5, 5.41) is 0. The van der Waals surface area contributed by atoms with Gasteiger partial charge in [-0.2, -0.15) is 0 Å². The van der Waals surface area contributed by atoms with Gasteiger partial charge in [0, 0.05) is 11.3 Å². The number of benzene rings is 2. The van der Waals surface area contributed by atoms with Crippen molar-refractivity contribution in [3.05, 3.63) is 53.1 Å². The predicted molar refractivity (Wildman–Crippen MR) is 112 cm³/mol. The molecule has 2 aromatic rings. The molecule has 2 rings (SSSR count). The highest BCUT2D eigenvalue weighted by atomic mass is 16.5. The van der Waals surface area contributed by atoms with Crippen LogP contribution in [0.4, 0.5) is 5.69 Å². The van der Waals surface area contributed by atoms with Gasteiger partial charge in [0.15, 0.2) is 0 Å². The molecule has 5 nitrogen and oxygen atoms in total. The van der Waals surface area contributed by atoms with Crippen LogP contribution in [0.1, 0.15) is 30.5 Å². The Morgan fingerprint density at radius 3 is 1.86 bits per heavy atom. The van der Waals surface area contributed by atoms with E-state index in [9.17, 15) is 9.59 Å². The average Bonchev–Trinajstić information content (AvgIpc) is 2.61. The third kappa shape index (κ3) is 5.59. The summed E-state index contributed by atoms with van der Waals surface area (Å²) < 4.78 is 10.3. The molecule has 0 saturated heterocycles. The minimum absolute atomic E-state index is 0.0184. The zero-order valence-electron chi connectivity index (χ0n) is 17.4. The third-order valence-corrected chi connectivity index (χ3v) is 4.37. The van der Waals surface area contributed by atoms with Crippen LogP contribution in [0.15, 0.2) is 36.4 Å². The minimum Gasteiger partial charge on any atom is -0.465 e. The highest BCUT2D eigenvalue weighted by molar-refractivity contribution is 5.88. The molecule has 0 aliphatic carbocycles. The molecule has 0 aliphatic heterocycles. The van der Waals surface area contributed by atoms with Crippen molar-refractivity contribution >= 4 is 17.6 Å². The van der Waals surface area contributed by atoms with Crippen molar-refractivity contribution in [1.29, 1.82) is 0 Å². The number of hydrogen-bond donors (Lipinski definition) is 0. The van der Waals surface area contributed by atoms with Crippen LogP contribution in [0.2, 0.25) is 0 Å². The molecule has 28 heavy (non-hydrogen) atoms. The van der Waals surface area contributed by atoms with Crippen LogP contribution in [0, 0.1) is 20.8 Å². The van der Waals surface area contributed by atoms with Gasteiger partial charge in [-0.05, 0) is 51.8 Å². The lowest BCUT2D eigenvalue weighted by Crippen LogP contribution is -2.37. The van der Waals surface area contributed by atoms with Gasteiger partial charge >= 0.3 is 11.9 Å². The second-order valence-electron chi connectivity index (χ2n) is 6.81. The number of carbonyl (C=O) groups is 2. The normalized spacial score (nSPS) is 10.5. The molecule has 0 heterocycles. The lowest BCUT2D eigenvalue weighted by Gasteiger charge is -2.28. The van der Waals surface area contributed by atoms with Gasteiger partial charge in [-0.1, -0.05) is 41.5 Å². The van der Waals surface area contributed by atoms with Gasteiger partial charge in [-0.3, -0.25) is 9.59 Å². The van der Waals surface area contributed by atoms with E-state index in [1.54, 1.807) is 18.7 Å². The van der Waals surface area contributed by atoms with Gasteiger partial charge < -0.3 is 14.4 Å². The van der Waals surface area contributed by atoms with Gasteiger partial charge in [-0.25, -0.2) is 0 Å². The van der Waals surface area contributed by atoms with E-state index in [4.69, 9.17) is 9.47 Å². The summed E-state index contributed by atoms with van der Waals surface area (Å²) in [7, 11) is 0. The van der Waals surface area contributed by atoms with Crippen LogP contribution < -0.4 is 4.90 Å². The fourth-order valence-corrected chi connectivity index (χ4v) is 3.27. The number of rotatable bonds is 8. The molecule has 5 heteroatoms. The van der Waals surface area contributed by atoms with Crippen molar-refractivity contribution in [3.8, 4) is 11.1 Å². The molecular weight excluding hydrogens is 354 g/mol. The van der Waals surface area contributed by atoms with Crippen LogP contribution in [0.3, 0.4) is 0 Å². The van der Waals surface area contributed by atoms with E-state index < -0.39 is 0 Å². The van der Waals surface area contributed by atoms with Gasteiger partial charge in [0.1, 0.15) is 13.1 Å². The van der Waals surface area contributed by atoms with Gasteiger partial charge in [0.2, 0.25) is 0 Å². The van der Waals surface area contributed by atoms with Crippen molar-refractivity contribution in [2.24, 2.45) is 0 Å². The fourth-order valence-electron chi connectivity index (χ4n) is 3.27. The standard InChI is InChI=1S/C23H29NO4/c1-6-27-21(25)14-24(15-22(26)28-7-2)23-18(5)12-17(4)13-20(23)19-10-8-16(3)9-11-19/h8-13H,6-7,14-15H2,1-5H3. The van der Waals surface area contributed by atoms with Crippen LogP contribution in [-0.4, -0.2) is 38.2 Å². The minimum atomic E-state index is -0.373. The van der Waals surface area contributed by atoms with Crippen molar-refractivity contribution in [2.45, 2.75) is 34.6 Å². The van der Waals surface area contributed by atoms with Crippen molar-refractivity contribution in [1.82, 2.24) is 0 Å². The molecule has 0 radical (unpaired) electrons. The van der Waals surface area contributed by atoms with Crippen molar-refractivity contribution in [3.63, 3.8) is 0 Å². The van der Waals surface area contributed by atoms with E-state index in [1.165, 1.54) is 5.56 Å². The van der Waals surface area contributed by atoms with Crippen LogP contribution in [0.5, 0.6) is 0 Å². The number of carbonyl (C=O) groups excluding carboxylic acids is 2. The summed E-state index contributed by atoms with van der Waals surface area (Å²) in [6, 6.07) is 12.3. The number of aryl methyl sites for hydroxylation is 3. The highest BCUT2D eigenvalue weighted by Gasteiger charge is 2.22. The maximum atomic E-state index is 12.2. The number of nitrogens with zero attached hydrogens (tertiary/aromatic N) is 1. The summed E-state index contributed by atoms with van der Waals surface area (Å²) in [5.74, 6) is -0.747. The molecule has 0 fully saturated rings. The maximum Gasteiger partial charge on any atom is 0.325 e. The Labute approximate surface area is 167 Å². The molecule has 0 spiro atoms. The Morgan fingerprint density at radius 1 is 0.821 bits per heavy atom. The first-order valence-electron chi connectivity index (χ1n) is 9.60. The summed E-state index contributed by atoms with van der Waals surface area (Å²) in [4.78, 5) is 26.2. The van der Waals surface area contributed by atoms with Crippen LogP contribution in [0.25, 0.3) is 11.1 Å². The lowest BCUT2D eigenvalue weighted by atomic mass is 9.96. The number of anilines is 1. The Hall–Kier alpha value is -2.82. The molecule has 0 aliphatic rings. The lowest BCUT2D eigenvalue weighted by molar-refractivity contribution is -0.142. The molecule has 0 bridgehead atoms. The Bertz CT molecular complexity index is 807. The van der Waals surface area contributed by atoms with E-state index >= 15 is 0 Å². The summed E-state index contributed by atoms with van der Waals surface area (Å²) in [6.45, 7) is 10.2. The molecule has 0 aromatic heterocycles. The van der Waals surface area contributed by atoms with Gasteiger partial charge in [0.25, 0.3) is 0 Å². The second-order valence-corrected chi connectivity index (χ2v) is 6.81. The first-order valence-corrected chi connectivity index (χ1v) is 9.60. The third-order valence-electron chi connectivity index (χ3n) is 4.37. The zero-order valence-corrected chi connectivity index (χ0v) is 17.4. The topological polar surface area (TPSA) is 55.8 Å². The Kier molecular flexibility index (Phi) is 7.61.